The molecule has 0 unspecified atom stereocenters. The van der Waals surface area contributed by atoms with Gasteiger partial charge in [-0.1, -0.05) is 62.4 Å². The molecular weight excluding hydrogens is 274 g/mol. The Kier molecular flexibility index (Phi) is 5.34. The monoisotopic (exact) mass is 297 g/mol. The molecule has 0 aliphatic rings. The summed E-state index contributed by atoms with van der Waals surface area (Å²) in [5, 5.41) is 12.2. The van der Waals surface area contributed by atoms with Crippen LogP contribution in [0.3, 0.4) is 0 Å². The first-order chi connectivity index (χ1) is 10.5. The van der Waals surface area contributed by atoms with E-state index in [1.54, 1.807) is 0 Å². The van der Waals surface area contributed by atoms with Crippen molar-refractivity contribution in [2.75, 3.05) is 13.2 Å². The zero-order valence-corrected chi connectivity index (χ0v) is 13.2. The highest BCUT2D eigenvalue weighted by atomic mass is 16.3. The second-order valence-corrected chi connectivity index (χ2v) is 6.32. The van der Waals surface area contributed by atoms with E-state index < -0.39 is 0 Å². The van der Waals surface area contributed by atoms with Crippen LogP contribution in [0.25, 0.3) is 0 Å². The van der Waals surface area contributed by atoms with E-state index >= 15 is 0 Å². The van der Waals surface area contributed by atoms with Gasteiger partial charge in [-0.05, 0) is 23.6 Å². The number of amides is 1. The maximum absolute atomic E-state index is 12.4. The van der Waals surface area contributed by atoms with Gasteiger partial charge in [-0.2, -0.15) is 0 Å². The highest BCUT2D eigenvalue weighted by molar-refractivity contribution is 5.95. The van der Waals surface area contributed by atoms with Gasteiger partial charge in [-0.15, -0.1) is 0 Å². The Morgan fingerprint density at radius 2 is 1.68 bits per heavy atom. The smallest absolute Gasteiger partial charge is 0.251 e. The number of nitrogens with one attached hydrogen (secondary N) is 1. The molecule has 1 amide bonds. The zero-order valence-electron chi connectivity index (χ0n) is 13.2. The molecule has 0 saturated carbocycles. The molecule has 0 aliphatic heterocycles. The Hall–Kier alpha value is -2.13. The molecule has 22 heavy (non-hydrogen) atoms. The van der Waals surface area contributed by atoms with E-state index in [1.807, 2.05) is 56.3 Å². The Balaban J connectivity index is 2.12. The summed E-state index contributed by atoms with van der Waals surface area (Å²) in [6.07, 6.45) is 0.730. The molecule has 0 spiro atoms. The third-order valence-electron chi connectivity index (χ3n) is 3.65. The van der Waals surface area contributed by atoms with Gasteiger partial charge < -0.3 is 10.4 Å². The van der Waals surface area contributed by atoms with Crippen molar-refractivity contribution >= 4 is 5.91 Å². The minimum atomic E-state index is -0.315. The van der Waals surface area contributed by atoms with Gasteiger partial charge in [0.15, 0.2) is 0 Å². The van der Waals surface area contributed by atoms with Crippen LogP contribution in [0.1, 0.15) is 35.3 Å². The highest BCUT2D eigenvalue weighted by Crippen LogP contribution is 2.16. The highest BCUT2D eigenvalue weighted by Gasteiger charge is 2.19. The van der Waals surface area contributed by atoms with Gasteiger partial charge in [0.05, 0.1) is 0 Å². The Morgan fingerprint density at radius 3 is 2.36 bits per heavy atom. The van der Waals surface area contributed by atoms with Gasteiger partial charge in [0.1, 0.15) is 0 Å². The van der Waals surface area contributed by atoms with Crippen LogP contribution in [0, 0.1) is 5.41 Å². The minimum absolute atomic E-state index is 0.0406. The van der Waals surface area contributed by atoms with Gasteiger partial charge in [-0.25, -0.2) is 0 Å². The van der Waals surface area contributed by atoms with Crippen LogP contribution in [0.5, 0.6) is 0 Å². The molecule has 3 heteroatoms. The standard InChI is InChI=1S/C19H23NO2/c1-19(2,14-21)13-20-18(22)17-11-7-6-10-16(17)12-15-8-4-3-5-9-15/h3-11,21H,12-14H2,1-2H3,(H,20,22). The Bertz CT molecular complexity index is 620. The molecular formula is C19H23NO2. The van der Waals surface area contributed by atoms with Crippen molar-refractivity contribution in [1.82, 2.24) is 5.32 Å². The normalized spacial score (nSPS) is 11.2. The first kappa shape index (κ1) is 16.2. The van der Waals surface area contributed by atoms with Crippen LogP contribution >= 0.6 is 0 Å². The molecule has 0 bridgehead atoms. The van der Waals surface area contributed by atoms with E-state index in [0.717, 1.165) is 12.0 Å². The average Bonchev–Trinajstić information content (AvgIpc) is 2.54. The zero-order chi connectivity index (χ0) is 16.0. The van der Waals surface area contributed by atoms with Crippen LogP contribution < -0.4 is 5.32 Å². The molecule has 2 aromatic rings. The Morgan fingerprint density at radius 1 is 1.05 bits per heavy atom. The second kappa shape index (κ2) is 7.23. The van der Waals surface area contributed by atoms with Crippen molar-refractivity contribution in [3.05, 3.63) is 71.3 Å². The van der Waals surface area contributed by atoms with E-state index in [0.29, 0.717) is 12.1 Å². The van der Waals surface area contributed by atoms with Gasteiger partial charge in [0, 0.05) is 24.1 Å². The number of hydrogen-bond donors (Lipinski definition) is 2. The number of hydrogen-bond acceptors (Lipinski definition) is 2. The fourth-order valence-electron chi connectivity index (χ4n) is 2.18. The molecule has 0 radical (unpaired) electrons. The molecule has 2 aromatic carbocycles. The van der Waals surface area contributed by atoms with Crippen molar-refractivity contribution in [2.24, 2.45) is 5.41 Å². The molecule has 2 rings (SSSR count). The van der Waals surface area contributed by atoms with Gasteiger partial charge in [0.25, 0.3) is 5.91 Å². The van der Waals surface area contributed by atoms with E-state index in [4.69, 9.17) is 0 Å². The van der Waals surface area contributed by atoms with Crippen LogP contribution in [-0.4, -0.2) is 24.2 Å². The summed E-state index contributed by atoms with van der Waals surface area (Å²) in [6.45, 7) is 4.33. The van der Waals surface area contributed by atoms with Crippen molar-refractivity contribution in [3.8, 4) is 0 Å². The third kappa shape index (κ3) is 4.43. The van der Waals surface area contributed by atoms with Crippen molar-refractivity contribution in [3.63, 3.8) is 0 Å². The third-order valence-corrected chi connectivity index (χ3v) is 3.65. The molecule has 0 heterocycles. The average molecular weight is 297 g/mol. The van der Waals surface area contributed by atoms with Gasteiger partial charge in [0.2, 0.25) is 0 Å². The van der Waals surface area contributed by atoms with Crippen LogP contribution in [0.2, 0.25) is 0 Å². The molecule has 0 fully saturated rings. The van der Waals surface area contributed by atoms with Gasteiger partial charge >= 0.3 is 0 Å². The number of aliphatic hydroxyl groups excluding tert-OH is 1. The van der Waals surface area contributed by atoms with Gasteiger partial charge in [-0.3, -0.25) is 4.79 Å². The molecule has 2 N–H and O–H groups in total. The van der Waals surface area contributed by atoms with Crippen molar-refractivity contribution in [2.45, 2.75) is 20.3 Å². The molecule has 0 aliphatic carbocycles. The van der Waals surface area contributed by atoms with E-state index in [1.165, 1.54) is 5.56 Å². The van der Waals surface area contributed by atoms with Crippen LogP contribution in [0.4, 0.5) is 0 Å². The first-order valence-corrected chi connectivity index (χ1v) is 7.53. The number of carbonyl (C=O) groups excluding carboxylic acids is 1. The molecule has 0 atom stereocenters. The maximum Gasteiger partial charge on any atom is 0.251 e. The SMILES string of the molecule is CC(C)(CO)CNC(=O)c1ccccc1Cc1ccccc1. The minimum Gasteiger partial charge on any atom is -0.396 e. The Labute approximate surface area is 132 Å². The topological polar surface area (TPSA) is 49.3 Å². The van der Waals surface area contributed by atoms with Crippen LogP contribution in [0.15, 0.2) is 54.6 Å². The molecule has 0 saturated heterocycles. The predicted molar refractivity (Wildman–Crippen MR) is 88.9 cm³/mol. The number of benzene rings is 2. The van der Waals surface area contributed by atoms with Crippen molar-refractivity contribution in [1.29, 1.82) is 0 Å². The summed E-state index contributed by atoms with van der Waals surface area (Å²) in [6, 6.07) is 17.8. The largest absolute Gasteiger partial charge is 0.396 e. The lowest BCUT2D eigenvalue weighted by Crippen LogP contribution is -2.36. The van der Waals surface area contributed by atoms with E-state index in [9.17, 15) is 9.90 Å². The lowest BCUT2D eigenvalue weighted by molar-refractivity contribution is 0.0910. The number of carbonyl (C=O) groups is 1. The number of aliphatic hydroxyl groups is 1. The van der Waals surface area contributed by atoms with E-state index in [-0.39, 0.29) is 17.9 Å². The van der Waals surface area contributed by atoms with Crippen molar-refractivity contribution < 1.29 is 9.90 Å². The van der Waals surface area contributed by atoms with E-state index in [2.05, 4.69) is 17.4 Å². The fourth-order valence-corrected chi connectivity index (χ4v) is 2.18. The summed E-state index contributed by atoms with van der Waals surface area (Å²) in [7, 11) is 0. The fraction of sp³-hybridized carbons (Fsp3) is 0.316. The lowest BCUT2D eigenvalue weighted by atomic mass is 9.94. The summed E-state index contributed by atoms with van der Waals surface area (Å²) >= 11 is 0. The molecule has 116 valence electrons. The summed E-state index contributed by atoms with van der Waals surface area (Å²) < 4.78 is 0. The molecule has 3 nitrogen and oxygen atoms in total. The molecule has 0 aromatic heterocycles. The quantitative estimate of drug-likeness (QED) is 0.861. The summed E-state index contributed by atoms with van der Waals surface area (Å²) in [4.78, 5) is 12.4. The summed E-state index contributed by atoms with van der Waals surface area (Å²) in [5.41, 5.74) is 2.57. The number of rotatable bonds is 6. The second-order valence-electron chi connectivity index (χ2n) is 6.32. The van der Waals surface area contributed by atoms with Crippen LogP contribution in [-0.2, 0) is 6.42 Å². The lowest BCUT2D eigenvalue weighted by Gasteiger charge is -2.22. The first-order valence-electron chi connectivity index (χ1n) is 7.53. The maximum atomic E-state index is 12.4. The summed E-state index contributed by atoms with van der Waals surface area (Å²) in [5.74, 6) is -0.0898. The predicted octanol–water partition coefficient (Wildman–Crippen LogP) is 3.03.